The van der Waals surface area contributed by atoms with Gasteiger partial charge in [-0.1, -0.05) is 24.3 Å². The molecule has 3 heterocycles. The van der Waals surface area contributed by atoms with Crippen molar-refractivity contribution in [3.63, 3.8) is 0 Å². The standard InChI is InChI=1S/C19H20N2O2S/c1-11(22)13-4-2-3-5-14(13)17-8-9-18(24-17)19(23)21-16-10-12-6-7-15(16)20-12/h2-5,8-9,12,15-16,20H,6-7,10H2,1H3,(H,21,23). The van der Waals surface area contributed by atoms with Crippen molar-refractivity contribution in [2.75, 3.05) is 0 Å². The molecule has 1 amide bonds. The van der Waals surface area contributed by atoms with Crippen molar-refractivity contribution >= 4 is 23.0 Å². The van der Waals surface area contributed by atoms with Gasteiger partial charge in [-0.25, -0.2) is 0 Å². The summed E-state index contributed by atoms with van der Waals surface area (Å²) in [5.74, 6) is 0.0314. The van der Waals surface area contributed by atoms with Crippen LogP contribution in [0.5, 0.6) is 0 Å². The first-order valence-corrected chi connectivity index (χ1v) is 9.20. The van der Waals surface area contributed by atoms with Gasteiger partial charge < -0.3 is 10.6 Å². The minimum Gasteiger partial charge on any atom is -0.347 e. The number of fused-ring (bicyclic) bond motifs is 2. The van der Waals surface area contributed by atoms with Crippen molar-refractivity contribution in [2.45, 2.75) is 44.3 Å². The molecule has 5 heteroatoms. The van der Waals surface area contributed by atoms with Gasteiger partial charge in [0.25, 0.3) is 5.91 Å². The molecule has 2 aliphatic rings. The lowest BCUT2D eigenvalue weighted by molar-refractivity contribution is 0.0934. The molecular weight excluding hydrogens is 320 g/mol. The molecule has 2 bridgehead atoms. The highest BCUT2D eigenvalue weighted by atomic mass is 32.1. The summed E-state index contributed by atoms with van der Waals surface area (Å²) in [6, 6.07) is 12.6. The minimum atomic E-state index is -0.00842. The van der Waals surface area contributed by atoms with Gasteiger partial charge in [-0.05, 0) is 38.3 Å². The minimum absolute atomic E-state index is 0.00842. The lowest BCUT2D eigenvalue weighted by atomic mass is 9.95. The number of thiophene rings is 1. The van der Waals surface area contributed by atoms with Crippen LogP contribution in [0.4, 0.5) is 0 Å². The number of rotatable bonds is 4. The lowest BCUT2D eigenvalue weighted by Gasteiger charge is -2.21. The molecule has 3 unspecified atom stereocenters. The molecule has 3 atom stereocenters. The van der Waals surface area contributed by atoms with Crippen LogP contribution in [0, 0.1) is 0 Å². The van der Waals surface area contributed by atoms with Gasteiger partial charge in [0.2, 0.25) is 0 Å². The van der Waals surface area contributed by atoms with E-state index in [4.69, 9.17) is 0 Å². The second-order valence-electron chi connectivity index (χ2n) is 6.63. The number of amides is 1. The molecule has 0 spiro atoms. The van der Waals surface area contributed by atoms with E-state index < -0.39 is 0 Å². The van der Waals surface area contributed by atoms with Crippen LogP contribution in [0.2, 0.25) is 0 Å². The fourth-order valence-electron chi connectivity index (χ4n) is 3.83. The molecule has 1 aromatic carbocycles. The molecule has 2 fully saturated rings. The van der Waals surface area contributed by atoms with E-state index in [-0.39, 0.29) is 17.7 Å². The Labute approximate surface area is 145 Å². The third kappa shape index (κ3) is 2.78. The number of benzene rings is 1. The Morgan fingerprint density at radius 3 is 2.71 bits per heavy atom. The molecular formula is C19H20N2O2S. The topological polar surface area (TPSA) is 58.2 Å². The Hall–Kier alpha value is -1.98. The highest BCUT2D eigenvalue weighted by Crippen LogP contribution is 2.32. The lowest BCUT2D eigenvalue weighted by Crippen LogP contribution is -2.42. The Morgan fingerprint density at radius 1 is 1.17 bits per heavy atom. The molecule has 0 aliphatic carbocycles. The smallest absolute Gasteiger partial charge is 0.261 e. The van der Waals surface area contributed by atoms with Gasteiger partial charge in [-0.2, -0.15) is 0 Å². The number of carbonyl (C=O) groups excluding carboxylic acids is 2. The molecule has 2 N–H and O–H groups in total. The number of nitrogens with one attached hydrogen (secondary N) is 2. The first-order chi connectivity index (χ1) is 11.6. The van der Waals surface area contributed by atoms with E-state index in [9.17, 15) is 9.59 Å². The van der Waals surface area contributed by atoms with E-state index in [0.29, 0.717) is 22.5 Å². The molecule has 0 saturated carbocycles. The third-order valence-electron chi connectivity index (χ3n) is 5.02. The number of Topliss-reactive ketones (excluding diaryl/α,β-unsaturated/α-hetero) is 1. The average molecular weight is 340 g/mol. The molecule has 2 aliphatic heterocycles. The van der Waals surface area contributed by atoms with Crippen molar-refractivity contribution in [1.29, 1.82) is 0 Å². The van der Waals surface area contributed by atoms with Crippen molar-refractivity contribution in [2.24, 2.45) is 0 Å². The van der Waals surface area contributed by atoms with Gasteiger partial charge in [-0.3, -0.25) is 9.59 Å². The summed E-state index contributed by atoms with van der Waals surface area (Å²) >= 11 is 1.44. The van der Waals surface area contributed by atoms with Crippen LogP contribution in [-0.2, 0) is 0 Å². The molecule has 2 aromatic rings. The summed E-state index contributed by atoms with van der Waals surface area (Å²) in [5.41, 5.74) is 1.60. The van der Waals surface area contributed by atoms with Crippen molar-refractivity contribution in [1.82, 2.24) is 10.6 Å². The van der Waals surface area contributed by atoms with Crippen molar-refractivity contribution < 1.29 is 9.59 Å². The second kappa shape index (κ2) is 6.15. The monoisotopic (exact) mass is 340 g/mol. The maximum Gasteiger partial charge on any atom is 0.261 e. The summed E-state index contributed by atoms with van der Waals surface area (Å²) in [6.45, 7) is 1.57. The largest absolute Gasteiger partial charge is 0.347 e. The van der Waals surface area contributed by atoms with Gasteiger partial charge in [-0.15, -0.1) is 11.3 Å². The van der Waals surface area contributed by atoms with Crippen LogP contribution in [0.15, 0.2) is 36.4 Å². The Balaban J connectivity index is 1.53. The fraction of sp³-hybridized carbons (Fsp3) is 0.368. The van der Waals surface area contributed by atoms with Crippen LogP contribution in [0.1, 0.15) is 46.2 Å². The summed E-state index contributed by atoms with van der Waals surface area (Å²) in [5, 5.41) is 6.71. The van der Waals surface area contributed by atoms with Gasteiger partial charge in [0.05, 0.1) is 4.88 Å². The van der Waals surface area contributed by atoms with Crippen LogP contribution in [-0.4, -0.2) is 29.8 Å². The van der Waals surface area contributed by atoms with E-state index in [1.54, 1.807) is 6.92 Å². The van der Waals surface area contributed by atoms with Gasteiger partial charge in [0, 0.05) is 34.1 Å². The average Bonchev–Trinajstić information content (AvgIpc) is 3.31. The number of hydrogen-bond donors (Lipinski definition) is 2. The van der Waals surface area contributed by atoms with E-state index in [2.05, 4.69) is 10.6 Å². The van der Waals surface area contributed by atoms with Gasteiger partial charge in [0.1, 0.15) is 0 Å². The normalized spacial score (nSPS) is 25.0. The molecule has 24 heavy (non-hydrogen) atoms. The Bertz CT molecular complexity index is 798. The SMILES string of the molecule is CC(=O)c1ccccc1-c1ccc(C(=O)NC2CC3CCC2N3)s1. The summed E-state index contributed by atoms with van der Waals surface area (Å²) in [6.07, 6.45) is 3.40. The van der Waals surface area contributed by atoms with Crippen LogP contribution in [0.25, 0.3) is 10.4 Å². The summed E-state index contributed by atoms with van der Waals surface area (Å²) in [4.78, 5) is 26.0. The van der Waals surface area contributed by atoms with Crippen molar-refractivity contribution in [3.8, 4) is 10.4 Å². The first kappa shape index (κ1) is 15.5. The molecule has 124 valence electrons. The number of carbonyl (C=O) groups is 2. The Morgan fingerprint density at radius 2 is 2.00 bits per heavy atom. The maximum absolute atomic E-state index is 12.5. The van der Waals surface area contributed by atoms with Crippen LogP contribution in [0.3, 0.4) is 0 Å². The van der Waals surface area contributed by atoms with Crippen LogP contribution < -0.4 is 10.6 Å². The highest BCUT2D eigenvalue weighted by Gasteiger charge is 2.39. The van der Waals surface area contributed by atoms with Crippen LogP contribution >= 0.6 is 11.3 Å². The van der Waals surface area contributed by atoms with Crippen molar-refractivity contribution in [3.05, 3.63) is 46.8 Å². The van der Waals surface area contributed by atoms with Gasteiger partial charge >= 0.3 is 0 Å². The zero-order chi connectivity index (χ0) is 16.7. The summed E-state index contributed by atoms with van der Waals surface area (Å²) in [7, 11) is 0. The zero-order valence-electron chi connectivity index (χ0n) is 13.5. The number of hydrogen-bond acceptors (Lipinski definition) is 4. The van der Waals surface area contributed by atoms with E-state index in [1.165, 1.54) is 17.8 Å². The molecule has 1 aromatic heterocycles. The quantitative estimate of drug-likeness (QED) is 0.840. The predicted octanol–water partition coefficient (Wildman–Crippen LogP) is 3.24. The predicted molar refractivity (Wildman–Crippen MR) is 95.6 cm³/mol. The number of ketones is 1. The molecule has 2 saturated heterocycles. The highest BCUT2D eigenvalue weighted by molar-refractivity contribution is 7.17. The Kier molecular flexibility index (Phi) is 3.98. The third-order valence-corrected chi connectivity index (χ3v) is 6.14. The zero-order valence-corrected chi connectivity index (χ0v) is 14.4. The molecule has 0 radical (unpaired) electrons. The molecule has 4 rings (SSSR count). The first-order valence-electron chi connectivity index (χ1n) is 8.39. The van der Waals surface area contributed by atoms with Gasteiger partial charge in [0.15, 0.2) is 5.78 Å². The summed E-state index contributed by atoms with van der Waals surface area (Å²) < 4.78 is 0. The van der Waals surface area contributed by atoms with E-state index in [0.717, 1.165) is 23.3 Å². The molecule has 4 nitrogen and oxygen atoms in total. The van der Waals surface area contributed by atoms with E-state index >= 15 is 0 Å². The fourth-order valence-corrected chi connectivity index (χ4v) is 4.78. The second-order valence-corrected chi connectivity index (χ2v) is 7.71. The maximum atomic E-state index is 12.5. The van der Waals surface area contributed by atoms with E-state index in [1.807, 2.05) is 36.4 Å².